The molecule has 1 aliphatic carbocycles. The maximum atomic E-state index is 12.9. The predicted octanol–water partition coefficient (Wildman–Crippen LogP) is 5.01. The van der Waals surface area contributed by atoms with Crippen molar-refractivity contribution in [2.75, 3.05) is 44.3 Å². The summed E-state index contributed by atoms with van der Waals surface area (Å²) in [4.78, 5) is 15.2. The highest BCUT2D eigenvalue weighted by atomic mass is 16.5. The number of hydrogen-bond donors (Lipinski definition) is 1. The minimum absolute atomic E-state index is 0.0424. The van der Waals surface area contributed by atoms with Crippen LogP contribution in [0.15, 0.2) is 65.1 Å². The Morgan fingerprint density at radius 1 is 0.944 bits per heavy atom. The van der Waals surface area contributed by atoms with E-state index >= 15 is 0 Å². The lowest BCUT2D eigenvalue weighted by atomic mass is 9.90. The first-order chi connectivity index (χ1) is 17.6. The second kappa shape index (κ2) is 11.4. The third kappa shape index (κ3) is 4.86. The van der Waals surface area contributed by atoms with E-state index in [0.717, 1.165) is 70.6 Å². The van der Waals surface area contributed by atoms with Crippen LogP contribution in [0.3, 0.4) is 0 Å². The molecule has 0 saturated carbocycles. The van der Waals surface area contributed by atoms with Gasteiger partial charge < -0.3 is 19.2 Å². The molecule has 188 valence electrons. The van der Waals surface area contributed by atoms with Crippen LogP contribution in [0.5, 0.6) is 0 Å². The summed E-state index contributed by atoms with van der Waals surface area (Å²) in [6, 6.07) is 20.0. The Kier molecular flexibility index (Phi) is 8.06. The SMILES string of the molecule is CCN(CC)c1ccc2c(-c3ccccc3C(=O)OCCO)c3ccc(=[N+](CC)CC)cc-3oc2c1. The molecule has 0 radical (unpaired) electrons. The van der Waals surface area contributed by atoms with Gasteiger partial charge in [0.15, 0.2) is 0 Å². The van der Waals surface area contributed by atoms with Crippen LogP contribution in [0.2, 0.25) is 0 Å². The summed E-state index contributed by atoms with van der Waals surface area (Å²) in [5.41, 5.74) is 4.95. The molecule has 0 fully saturated rings. The molecular weight excluding hydrogens is 452 g/mol. The number of carbonyl (C=O) groups is 1. The molecule has 2 aliphatic rings. The first kappa shape index (κ1) is 25.5. The largest absolute Gasteiger partial charge is 0.460 e. The first-order valence-corrected chi connectivity index (χ1v) is 12.8. The smallest absolute Gasteiger partial charge is 0.338 e. The molecule has 2 aromatic rings. The highest BCUT2D eigenvalue weighted by molar-refractivity contribution is 6.08. The molecule has 6 heteroatoms. The van der Waals surface area contributed by atoms with E-state index in [1.165, 1.54) is 0 Å². The van der Waals surface area contributed by atoms with Gasteiger partial charge in [0.1, 0.15) is 31.0 Å². The zero-order chi connectivity index (χ0) is 25.7. The van der Waals surface area contributed by atoms with Crippen LogP contribution in [0.25, 0.3) is 33.4 Å². The van der Waals surface area contributed by atoms with Crippen LogP contribution in [-0.2, 0) is 4.74 Å². The van der Waals surface area contributed by atoms with Gasteiger partial charge in [-0.05, 0) is 57.5 Å². The quantitative estimate of drug-likeness (QED) is 0.204. The van der Waals surface area contributed by atoms with Gasteiger partial charge in [0.25, 0.3) is 0 Å². The fourth-order valence-corrected chi connectivity index (χ4v) is 4.82. The lowest BCUT2D eigenvalue weighted by Crippen LogP contribution is -2.29. The van der Waals surface area contributed by atoms with Crippen molar-refractivity contribution in [1.29, 1.82) is 0 Å². The lowest BCUT2D eigenvalue weighted by Gasteiger charge is -2.22. The van der Waals surface area contributed by atoms with Gasteiger partial charge in [-0.3, -0.25) is 0 Å². The van der Waals surface area contributed by atoms with E-state index in [2.05, 4.69) is 73.6 Å². The summed E-state index contributed by atoms with van der Waals surface area (Å²) in [6.07, 6.45) is 0. The standard InChI is InChI=1S/C30H35N2O4/c1-5-31(6-2)21-13-15-25-27(19-21)36-28-20-22(32(7-3)8-4)14-16-26(28)29(25)23-11-9-10-12-24(23)30(34)35-18-17-33/h9-16,19-20,33H,5-8,17-18H2,1-4H3/q+1. The Morgan fingerprint density at radius 3 is 2.39 bits per heavy atom. The Morgan fingerprint density at radius 2 is 1.69 bits per heavy atom. The van der Waals surface area contributed by atoms with E-state index in [0.29, 0.717) is 5.56 Å². The second-order valence-corrected chi connectivity index (χ2v) is 8.59. The zero-order valence-corrected chi connectivity index (χ0v) is 21.6. The third-order valence-corrected chi connectivity index (χ3v) is 6.69. The Bertz CT molecular complexity index is 1400. The number of anilines is 1. The van der Waals surface area contributed by atoms with E-state index in [9.17, 15) is 4.79 Å². The van der Waals surface area contributed by atoms with Gasteiger partial charge >= 0.3 is 5.97 Å². The third-order valence-electron chi connectivity index (χ3n) is 6.69. The summed E-state index contributed by atoms with van der Waals surface area (Å²) < 4.78 is 14.1. The molecule has 0 aromatic heterocycles. The molecule has 0 bridgehead atoms. The second-order valence-electron chi connectivity index (χ2n) is 8.59. The van der Waals surface area contributed by atoms with Crippen LogP contribution >= 0.6 is 0 Å². The summed E-state index contributed by atoms with van der Waals surface area (Å²) in [7, 11) is 0. The van der Waals surface area contributed by atoms with Crippen molar-refractivity contribution in [2.45, 2.75) is 27.7 Å². The van der Waals surface area contributed by atoms with Gasteiger partial charge in [0.2, 0.25) is 5.36 Å². The predicted molar refractivity (Wildman–Crippen MR) is 146 cm³/mol. The van der Waals surface area contributed by atoms with Gasteiger partial charge in [-0.1, -0.05) is 18.2 Å². The minimum Gasteiger partial charge on any atom is -0.460 e. The number of aliphatic hydroxyl groups excluding tert-OH is 1. The number of hydrogen-bond acceptors (Lipinski definition) is 5. The average molecular weight is 488 g/mol. The van der Waals surface area contributed by atoms with Crippen molar-refractivity contribution in [1.82, 2.24) is 4.58 Å². The number of carbonyl (C=O) groups excluding carboxylic acids is 1. The Balaban J connectivity index is 2.07. The normalized spacial score (nSPS) is 11.1. The summed E-state index contributed by atoms with van der Waals surface area (Å²) in [6.45, 7) is 11.9. The van der Waals surface area contributed by atoms with Crippen molar-refractivity contribution in [2.24, 2.45) is 0 Å². The fourth-order valence-electron chi connectivity index (χ4n) is 4.82. The molecule has 2 aromatic carbocycles. The number of nitrogens with zero attached hydrogens (tertiary/aromatic N) is 2. The molecule has 0 saturated heterocycles. The molecule has 4 rings (SSSR count). The van der Waals surface area contributed by atoms with Crippen LogP contribution in [-0.4, -0.2) is 50.5 Å². The fraction of sp³-hybridized carbons (Fsp3) is 0.333. The summed E-state index contributed by atoms with van der Waals surface area (Å²) in [5, 5.41) is 11.2. The molecule has 0 amide bonds. The number of esters is 1. The topological polar surface area (TPSA) is 65.9 Å². The average Bonchev–Trinajstić information content (AvgIpc) is 2.91. The van der Waals surface area contributed by atoms with Crippen molar-refractivity contribution < 1.29 is 19.1 Å². The molecule has 6 nitrogen and oxygen atoms in total. The molecule has 1 N–H and O–H groups in total. The van der Waals surface area contributed by atoms with Gasteiger partial charge in [-0.2, -0.15) is 0 Å². The number of fused-ring (bicyclic) bond motifs is 2. The number of rotatable bonds is 9. The van der Waals surface area contributed by atoms with Gasteiger partial charge in [-0.25, -0.2) is 9.37 Å². The Labute approximate surface area is 212 Å². The van der Waals surface area contributed by atoms with E-state index < -0.39 is 5.97 Å². The highest BCUT2D eigenvalue weighted by Crippen LogP contribution is 2.42. The summed E-state index contributed by atoms with van der Waals surface area (Å²) >= 11 is 0. The van der Waals surface area contributed by atoms with Gasteiger partial charge in [0, 0.05) is 47.4 Å². The van der Waals surface area contributed by atoms with Gasteiger partial charge in [0.05, 0.1) is 18.2 Å². The van der Waals surface area contributed by atoms with Crippen molar-refractivity contribution >= 4 is 22.6 Å². The van der Waals surface area contributed by atoms with Crippen molar-refractivity contribution in [3.8, 4) is 22.5 Å². The highest BCUT2D eigenvalue weighted by Gasteiger charge is 2.23. The number of aliphatic hydroxyl groups is 1. The van der Waals surface area contributed by atoms with E-state index in [1.54, 1.807) is 6.07 Å². The molecule has 0 spiro atoms. The van der Waals surface area contributed by atoms with Gasteiger partial charge in [-0.15, -0.1) is 0 Å². The molecular formula is C30H35N2O4+. The summed E-state index contributed by atoms with van der Waals surface area (Å²) in [5.74, 6) is 0.304. The monoisotopic (exact) mass is 487 g/mol. The van der Waals surface area contributed by atoms with E-state index in [1.807, 2.05) is 18.2 Å². The Hall–Kier alpha value is -3.64. The zero-order valence-electron chi connectivity index (χ0n) is 21.6. The molecule has 0 atom stereocenters. The molecule has 1 aliphatic heterocycles. The maximum absolute atomic E-state index is 12.9. The van der Waals surface area contributed by atoms with Crippen LogP contribution in [0.1, 0.15) is 38.1 Å². The minimum atomic E-state index is -0.457. The van der Waals surface area contributed by atoms with Crippen molar-refractivity contribution in [3.05, 3.63) is 71.6 Å². The number of ether oxygens (including phenoxy) is 1. The lowest BCUT2D eigenvalue weighted by molar-refractivity contribution is 0.0434. The first-order valence-electron chi connectivity index (χ1n) is 12.8. The van der Waals surface area contributed by atoms with E-state index in [-0.39, 0.29) is 13.2 Å². The maximum Gasteiger partial charge on any atom is 0.338 e. The number of benzene rings is 3. The van der Waals surface area contributed by atoms with Crippen LogP contribution in [0.4, 0.5) is 5.69 Å². The molecule has 1 heterocycles. The van der Waals surface area contributed by atoms with E-state index in [4.69, 9.17) is 14.3 Å². The van der Waals surface area contributed by atoms with Crippen molar-refractivity contribution in [3.63, 3.8) is 0 Å². The van der Waals surface area contributed by atoms with Crippen LogP contribution in [0, 0.1) is 0 Å². The van der Waals surface area contributed by atoms with Crippen LogP contribution < -0.4 is 14.8 Å². The molecule has 0 unspecified atom stereocenters. The molecule has 36 heavy (non-hydrogen) atoms.